The van der Waals surface area contributed by atoms with E-state index in [0.717, 1.165) is 38.5 Å². The van der Waals surface area contributed by atoms with Crippen LogP contribution in [0.15, 0.2) is 85.5 Å². The fourth-order valence-electron chi connectivity index (χ4n) is 7.72. The van der Waals surface area contributed by atoms with Crippen LogP contribution in [0, 0.1) is 23.2 Å². The number of carbonyl (C=O) groups is 3. The second kappa shape index (κ2) is 15.9. The molecule has 294 valence electrons. The standard InChI is InChI=1S/C45H37N7O7/c1-51-38-12-13-47-24-37(38)36-7-4-27(19-40(36)51)28-5-11-43(49-23-28)59-34-20-33(21-34)58-41-25-48-31(17-29(41)22-46)3-2-14-56-15-16-57-32-6-8-35-30(18-32)26-52(45(35)55)39-9-10-42(53)50-44(39)54/h4-8,11-13,17-19,23-25,33-34,39H,9-10,14-16,20-21,26H2,1H3,(H,50,53,54)/t33-,34-,39?. The Morgan fingerprint density at radius 2 is 1.75 bits per heavy atom. The number of imide groups is 1. The molecule has 1 saturated carbocycles. The zero-order valence-electron chi connectivity index (χ0n) is 32.0. The maximum Gasteiger partial charge on any atom is 0.255 e. The zero-order chi connectivity index (χ0) is 40.5. The lowest BCUT2D eigenvalue weighted by atomic mass is 9.92. The lowest BCUT2D eigenvalue weighted by Crippen LogP contribution is -2.52. The molecule has 6 aromatic rings. The topological polar surface area (TPSA) is 171 Å². The van der Waals surface area contributed by atoms with Gasteiger partial charge in [0.2, 0.25) is 17.7 Å². The van der Waals surface area contributed by atoms with Crippen LogP contribution in [-0.2, 0) is 27.9 Å². The van der Waals surface area contributed by atoms with Crippen LogP contribution in [0.5, 0.6) is 17.4 Å². The molecule has 0 spiro atoms. The number of nitrogens with zero attached hydrogens (tertiary/aromatic N) is 6. The number of nitriles is 1. The molecule has 1 N–H and O–H groups in total. The van der Waals surface area contributed by atoms with Crippen molar-refractivity contribution < 1.29 is 33.3 Å². The van der Waals surface area contributed by atoms with Crippen LogP contribution in [0.2, 0.25) is 0 Å². The molecule has 2 aliphatic heterocycles. The van der Waals surface area contributed by atoms with Crippen molar-refractivity contribution in [3.8, 4) is 46.4 Å². The number of pyridine rings is 3. The lowest BCUT2D eigenvalue weighted by Gasteiger charge is -2.35. The molecule has 59 heavy (non-hydrogen) atoms. The minimum Gasteiger partial charge on any atom is -0.491 e. The van der Waals surface area contributed by atoms with Crippen LogP contribution < -0.4 is 19.5 Å². The molecule has 6 heterocycles. The van der Waals surface area contributed by atoms with Gasteiger partial charge in [0.15, 0.2) is 5.75 Å². The normalized spacial score (nSPS) is 18.4. The summed E-state index contributed by atoms with van der Waals surface area (Å²) in [6, 6.07) is 20.6. The third-order valence-corrected chi connectivity index (χ3v) is 10.9. The minimum absolute atomic E-state index is 0.0509. The van der Waals surface area contributed by atoms with E-state index in [1.807, 2.05) is 36.8 Å². The van der Waals surface area contributed by atoms with E-state index in [-0.39, 0.29) is 56.8 Å². The number of nitrogens with one attached hydrogen (secondary N) is 1. The maximum absolute atomic E-state index is 12.9. The number of ether oxygens (including phenoxy) is 4. The average molecular weight is 788 g/mol. The second-order valence-corrected chi connectivity index (χ2v) is 14.6. The molecule has 4 aromatic heterocycles. The Kier molecular flexibility index (Phi) is 10.1. The Morgan fingerprint density at radius 1 is 0.881 bits per heavy atom. The first-order valence-corrected chi connectivity index (χ1v) is 19.3. The van der Waals surface area contributed by atoms with Crippen molar-refractivity contribution in [1.29, 1.82) is 5.26 Å². The zero-order valence-corrected chi connectivity index (χ0v) is 32.0. The lowest BCUT2D eigenvalue weighted by molar-refractivity contribution is -0.136. The highest BCUT2D eigenvalue weighted by molar-refractivity contribution is 6.08. The van der Waals surface area contributed by atoms with Gasteiger partial charge in [0.1, 0.15) is 49.0 Å². The first-order chi connectivity index (χ1) is 28.8. The number of hydrogen-bond donors (Lipinski definition) is 1. The number of amides is 3. The molecule has 2 fully saturated rings. The number of rotatable bonds is 11. The predicted octanol–water partition coefficient (Wildman–Crippen LogP) is 5.25. The molecule has 1 atom stereocenters. The molecule has 3 aliphatic rings. The van der Waals surface area contributed by atoms with E-state index in [0.29, 0.717) is 53.5 Å². The number of aryl methyl sites for hydroxylation is 1. The third kappa shape index (κ3) is 7.61. The Bertz CT molecular complexity index is 2740. The Hall–Kier alpha value is -7.29. The Balaban J connectivity index is 0.704. The molecule has 0 bridgehead atoms. The van der Waals surface area contributed by atoms with Crippen molar-refractivity contribution in [3.63, 3.8) is 0 Å². The summed E-state index contributed by atoms with van der Waals surface area (Å²) in [4.78, 5) is 51.4. The minimum atomic E-state index is -0.667. The van der Waals surface area contributed by atoms with Crippen LogP contribution in [0.25, 0.3) is 32.9 Å². The molecular weight excluding hydrogens is 751 g/mol. The van der Waals surface area contributed by atoms with Gasteiger partial charge in [-0.2, -0.15) is 5.26 Å². The van der Waals surface area contributed by atoms with Crippen LogP contribution in [-0.4, -0.2) is 80.2 Å². The van der Waals surface area contributed by atoms with Crippen molar-refractivity contribution in [3.05, 3.63) is 108 Å². The molecule has 1 aliphatic carbocycles. The first-order valence-electron chi connectivity index (χ1n) is 19.3. The molecule has 3 amide bonds. The van der Waals surface area contributed by atoms with Gasteiger partial charge in [-0.05, 0) is 65.9 Å². The number of carbonyl (C=O) groups excluding carboxylic acids is 3. The summed E-state index contributed by atoms with van der Waals surface area (Å²) in [5.41, 5.74) is 6.38. The fraction of sp³-hybridized carbons (Fsp3) is 0.267. The maximum atomic E-state index is 12.9. The summed E-state index contributed by atoms with van der Waals surface area (Å²) in [6.45, 7) is 0.928. The molecular formula is C45H37N7O7. The number of fused-ring (bicyclic) bond motifs is 4. The van der Waals surface area contributed by atoms with E-state index < -0.39 is 11.9 Å². The van der Waals surface area contributed by atoms with Gasteiger partial charge in [-0.15, -0.1) is 0 Å². The highest BCUT2D eigenvalue weighted by Gasteiger charge is 2.39. The Labute approximate surface area is 338 Å². The van der Waals surface area contributed by atoms with Crippen molar-refractivity contribution in [2.24, 2.45) is 7.05 Å². The summed E-state index contributed by atoms with van der Waals surface area (Å²) < 4.78 is 25.8. The monoisotopic (exact) mass is 787 g/mol. The van der Waals surface area contributed by atoms with E-state index in [1.54, 1.807) is 24.3 Å². The van der Waals surface area contributed by atoms with Crippen LogP contribution in [0.4, 0.5) is 0 Å². The fourth-order valence-corrected chi connectivity index (χ4v) is 7.72. The van der Waals surface area contributed by atoms with Gasteiger partial charge in [-0.3, -0.25) is 24.7 Å². The van der Waals surface area contributed by atoms with Crippen LogP contribution >= 0.6 is 0 Å². The van der Waals surface area contributed by atoms with E-state index in [2.05, 4.69) is 68.0 Å². The summed E-state index contributed by atoms with van der Waals surface area (Å²) >= 11 is 0. The molecule has 0 radical (unpaired) electrons. The molecule has 1 saturated heterocycles. The summed E-state index contributed by atoms with van der Waals surface area (Å²) in [5, 5.41) is 14.4. The Morgan fingerprint density at radius 3 is 2.58 bits per heavy atom. The number of piperidine rings is 1. The molecule has 1 unspecified atom stereocenters. The van der Waals surface area contributed by atoms with Gasteiger partial charge in [0.05, 0.1) is 23.9 Å². The van der Waals surface area contributed by atoms with Crippen molar-refractivity contribution in [2.45, 2.75) is 50.5 Å². The average Bonchev–Trinajstić information content (AvgIpc) is 3.72. The van der Waals surface area contributed by atoms with Gasteiger partial charge in [-0.1, -0.05) is 18.1 Å². The van der Waals surface area contributed by atoms with E-state index in [9.17, 15) is 19.6 Å². The molecule has 14 nitrogen and oxygen atoms in total. The van der Waals surface area contributed by atoms with Crippen LogP contribution in [0.1, 0.15) is 52.9 Å². The largest absolute Gasteiger partial charge is 0.491 e. The molecule has 14 heteroatoms. The summed E-state index contributed by atoms with van der Waals surface area (Å²) in [7, 11) is 2.06. The highest BCUT2D eigenvalue weighted by atomic mass is 16.5. The second-order valence-electron chi connectivity index (χ2n) is 14.6. The summed E-state index contributed by atoms with van der Waals surface area (Å²) in [6.07, 6.45) is 8.71. The number of aromatic nitrogens is 4. The predicted molar refractivity (Wildman–Crippen MR) is 214 cm³/mol. The van der Waals surface area contributed by atoms with Gasteiger partial charge >= 0.3 is 0 Å². The smallest absolute Gasteiger partial charge is 0.255 e. The third-order valence-electron chi connectivity index (χ3n) is 10.9. The van der Waals surface area contributed by atoms with Crippen molar-refractivity contribution in [2.75, 3.05) is 19.8 Å². The first kappa shape index (κ1) is 37.3. The molecule has 9 rings (SSSR count). The SMILES string of the molecule is Cn1c2ccncc2c2ccc(-c3ccc(O[C@H]4C[C@H](Oc5cnc(C#CCOCCOc6ccc7c(c6)CN(C6CCC(=O)NC6=O)C7=O)cc5C#N)C4)nc3)cc21. The van der Waals surface area contributed by atoms with Gasteiger partial charge in [-0.25, -0.2) is 9.97 Å². The van der Waals surface area contributed by atoms with E-state index >= 15 is 0 Å². The van der Waals surface area contributed by atoms with Crippen molar-refractivity contribution >= 4 is 39.5 Å². The van der Waals surface area contributed by atoms with Gasteiger partial charge in [0.25, 0.3) is 5.91 Å². The van der Waals surface area contributed by atoms with E-state index in [1.165, 1.54) is 11.1 Å². The van der Waals surface area contributed by atoms with Crippen LogP contribution in [0.3, 0.4) is 0 Å². The molecule has 2 aromatic carbocycles. The van der Waals surface area contributed by atoms with E-state index in [4.69, 9.17) is 18.9 Å². The van der Waals surface area contributed by atoms with Crippen molar-refractivity contribution in [1.82, 2.24) is 29.7 Å². The number of benzene rings is 2. The summed E-state index contributed by atoms with van der Waals surface area (Å²) in [5.74, 6) is 6.35. The van der Waals surface area contributed by atoms with Gasteiger partial charge in [0, 0.05) is 84.9 Å². The van der Waals surface area contributed by atoms with Gasteiger partial charge < -0.3 is 28.4 Å². The quantitative estimate of drug-likeness (QED) is 0.103. The highest BCUT2D eigenvalue weighted by Crippen LogP contribution is 2.34. The number of hydrogen-bond acceptors (Lipinski definition) is 11.